The van der Waals surface area contributed by atoms with Crippen molar-refractivity contribution in [2.45, 2.75) is 30.6 Å². The van der Waals surface area contributed by atoms with Gasteiger partial charge in [0.15, 0.2) is 6.29 Å². The number of ether oxygens (including phenoxy) is 1. The smallest absolute Gasteiger partial charge is 0.319 e. The van der Waals surface area contributed by atoms with Gasteiger partial charge in [0.2, 0.25) is 0 Å². The molecule has 1 heterocycles. The summed E-state index contributed by atoms with van der Waals surface area (Å²) in [6, 6.07) is 4.36. The van der Waals surface area contributed by atoms with Crippen LogP contribution in [0.3, 0.4) is 0 Å². The molecule has 2 rings (SSSR count). The SMILES string of the molecule is O=C(Nc1ccc(Cl)cc1)N[C@@H]1[C@@H](O)[C@H](O)[C@@H](CO)O[C@@H]1O. The highest BCUT2D eigenvalue weighted by molar-refractivity contribution is 6.30. The summed E-state index contributed by atoms with van der Waals surface area (Å²) >= 11 is 5.73. The second kappa shape index (κ2) is 7.23. The summed E-state index contributed by atoms with van der Waals surface area (Å²) in [7, 11) is 0. The molecule has 2 amide bonds. The quantitative estimate of drug-likeness (QED) is 0.432. The Bertz CT molecular complexity index is 514. The molecular weight excluding hydrogens is 316 g/mol. The monoisotopic (exact) mass is 332 g/mol. The molecule has 1 fully saturated rings. The fourth-order valence-electron chi connectivity index (χ4n) is 2.10. The molecule has 0 spiro atoms. The van der Waals surface area contributed by atoms with Crippen molar-refractivity contribution in [3.8, 4) is 0 Å². The van der Waals surface area contributed by atoms with E-state index < -0.39 is 43.3 Å². The third-order valence-corrected chi connectivity index (χ3v) is 3.55. The van der Waals surface area contributed by atoms with Crippen LogP contribution in [0.4, 0.5) is 10.5 Å². The Morgan fingerprint density at radius 1 is 1.18 bits per heavy atom. The first-order valence-electron chi connectivity index (χ1n) is 6.56. The molecule has 122 valence electrons. The van der Waals surface area contributed by atoms with Gasteiger partial charge in [0.05, 0.1) is 6.61 Å². The van der Waals surface area contributed by atoms with Gasteiger partial charge in [0.1, 0.15) is 24.4 Å². The second-order valence-corrected chi connectivity index (χ2v) is 5.30. The summed E-state index contributed by atoms with van der Waals surface area (Å²) in [5, 5.41) is 43.6. The van der Waals surface area contributed by atoms with Gasteiger partial charge in [0.25, 0.3) is 0 Å². The van der Waals surface area contributed by atoms with E-state index in [0.717, 1.165) is 0 Å². The van der Waals surface area contributed by atoms with Gasteiger partial charge in [0, 0.05) is 10.7 Å². The molecule has 0 bridgehead atoms. The number of hydrogen-bond acceptors (Lipinski definition) is 6. The van der Waals surface area contributed by atoms with Crippen LogP contribution in [0.15, 0.2) is 24.3 Å². The highest BCUT2D eigenvalue weighted by Gasteiger charge is 2.44. The predicted octanol–water partition coefficient (Wildman–Crippen LogP) is -0.739. The highest BCUT2D eigenvalue weighted by atomic mass is 35.5. The van der Waals surface area contributed by atoms with Crippen LogP contribution in [0, 0.1) is 0 Å². The zero-order valence-corrected chi connectivity index (χ0v) is 12.1. The Hall–Kier alpha value is -1.42. The maximum absolute atomic E-state index is 11.9. The molecule has 0 saturated carbocycles. The number of halogens is 1. The third kappa shape index (κ3) is 3.86. The number of hydrogen-bond donors (Lipinski definition) is 6. The van der Waals surface area contributed by atoms with Crippen LogP contribution in [0.25, 0.3) is 0 Å². The summed E-state index contributed by atoms with van der Waals surface area (Å²) in [4.78, 5) is 11.9. The van der Waals surface area contributed by atoms with Crippen molar-refractivity contribution in [2.75, 3.05) is 11.9 Å². The van der Waals surface area contributed by atoms with E-state index in [1.807, 2.05) is 0 Å². The lowest BCUT2D eigenvalue weighted by molar-refractivity contribution is -0.252. The van der Waals surface area contributed by atoms with Crippen LogP contribution in [0.5, 0.6) is 0 Å². The van der Waals surface area contributed by atoms with Crippen molar-refractivity contribution in [3.05, 3.63) is 29.3 Å². The Kier molecular flexibility index (Phi) is 5.57. The van der Waals surface area contributed by atoms with Gasteiger partial charge in [-0.3, -0.25) is 0 Å². The van der Waals surface area contributed by atoms with Crippen LogP contribution in [0.1, 0.15) is 0 Å². The molecule has 8 nitrogen and oxygen atoms in total. The van der Waals surface area contributed by atoms with Crippen molar-refractivity contribution in [2.24, 2.45) is 0 Å². The average Bonchev–Trinajstić information content (AvgIpc) is 2.49. The lowest BCUT2D eigenvalue weighted by Gasteiger charge is -2.40. The van der Waals surface area contributed by atoms with Crippen molar-refractivity contribution >= 4 is 23.3 Å². The number of carbonyl (C=O) groups is 1. The summed E-state index contributed by atoms with van der Waals surface area (Å²) in [6.45, 7) is -0.570. The van der Waals surface area contributed by atoms with Crippen LogP contribution in [0.2, 0.25) is 5.02 Å². The van der Waals surface area contributed by atoms with Crippen LogP contribution in [-0.4, -0.2) is 63.7 Å². The normalized spacial score (nSPS) is 31.6. The molecular formula is C13H17ClN2O6. The van der Waals surface area contributed by atoms with Crippen LogP contribution >= 0.6 is 11.6 Å². The number of aliphatic hydroxyl groups excluding tert-OH is 4. The standard InChI is InChI=1S/C13H17ClN2O6/c14-6-1-3-7(4-2-6)15-13(21)16-9-11(19)10(18)8(5-17)22-12(9)20/h1-4,8-12,17-20H,5H2,(H2,15,16,21)/t8-,9-,10-,11-,12+/m1/s1. The lowest BCUT2D eigenvalue weighted by atomic mass is 9.97. The topological polar surface area (TPSA) is 131 Å². The summed E-state index contributed by atoms with van der Waals surface area (Å²) in [5.41, 5.74) is 0.455. The zero-order chi connectivity index (χ0) is 16.3. The van der Waals surface area contributed by atoms with Gasteiger partial charge in [-0.2, -0.15) is 0 Å². The van der Waals surface area contributed by atoms with Crippen LogP contribution in [-0.2, 0) is 4.74 Å². The lowest BCUT2D eigenvalue weighted by Crippen LogP contribution is -2.64. The Balaban J connectivity index is 1.97. The highest BCUT2D eigenvalue weighted by Crippen LogP contribution is 2.20. The van der Waals surface area contributed by atoms with E-state index in [1.165, 1.54) is 0 Å². The van der Waals surface area contributed by atoms with E-state index in [4.69, 9.17) is 21.4 Å². The second-order valence-electron chi connectivity index (χ2n) is 4.86. The molecule has 9 heteroatoms. The van der Waals surface area contributed by atoms with E-state index in [2.05, 4.69) is 10.6 Å². The Morgan fingerprint density at radius 2 is 1.82 bits per heavy atom. The minimum atomic E-state index is -1.56. The van der Waals surface area contributed by atoms with E-state index >= 15 is 0 Å². The average molecular weight is 333 g/mol. The Labute approximate surface area is 131 Å². The minimum absolute atomic E-state index is 0.455. The molecule has 1 saturated heterocycles. The molecule has 1 aliphatic heterocycles. The maximum atomic E-state index is 11.9. The molecule has 1 aliphatic rings. The molecule has 0 radical (unpaired) electrons. The number of aliphatic hydroxyl groups is 4. The number of amides is 2. The largest absolute Gasteiger partial charge is 0.394 e. The van der Waals surface area contributed by atoms with Crippen LogP contribution < -0.4 is 10.6 Å². The molecule has 6 N–H and O–H groups in total. The molecule has 22 heavy (non-hydrogen) atoms. The summed E-state index contributed by atoms with van der Waals surface area (Å²) < 4.78 is 4.93. The van der Waals surface area contributed by atoms with Gasteiger partial charge < -0.3 is 35.8 Å². The van der Waals surface area contributed by atoms with Crippen molar-refractivity contribution in [3.63, 3.8) is 0 Å². The van der Waals surface area contributed by atoms with E-state index in [9.17, 15) is 20.1 Å². The number of nitrogens with one attached hydrogen (secondary N) is 2. The van der Waals surface area contributed by atoms with E-state index in [1.54, 1.807) is 24.3 Å². The van der Waals surface area contributed by atoms with E-state index in [-0.39, 0.29) is 0 Å². The fourth-order valence-corrected chi connectivity index (χ4v) is 2.23. The maximum Gasteiger partial charge on any atom is 0.319 e. The number of carbonyl (C=O) groups excluding carboxylic acids is 1. The number of anilines is 1. The first-order valence-corrected chi connectivity index (χ1v) is 6.93. The first-order chi connectivity index (χ1) is 10.4. The first kappa shape index (κ1) is 16.9. The zero-order valence-electron chi connectivity index (χ0n) is 11.4. The van der Waals surface area contributed by atoms with E-state index in [0.29, 0.717) is 10.7 Å². The molecule has 0 aliphatic carbocycles. The van der Waals surface area contributed by atoms with Gasteiger partial charge in [-0.1, -0.05) is 11.6 Å². The third-order valence-electron chi connectivity index (χ3n) is 3.30. The minimum Gasteiger partial charge on any atom is -0.394 e. The van der Waals surface area contributed by atoms with Gasteiger partial charge in [-0.25, -0.2) is 4.79 Å². The molecule has 0 aromatic heterocycles. The van der Waals surface area contributed by atoms with Gasteiger partial charge >= 0.3 is 6.03 Å². The summed E-state index contributed by atoms with van der Waals surface area (Å²) in [5.74, 6) is 0. The molecule has 1 aromatic rings. The summed E-state index contributed by atoms with van der Waals surface area (Å²) in [6.07, 6.45) is -5.61. The molecule has 1 aromatic carbocycles. The van der Waals surface area contributed by atoms with Crippen molar-refractivity contribution < 1.29 is 30.0 Å². The number of rotatable bonds is 3. The predicted molar refractivity (Wildman–Crippen MR) is 77.4 cm³/mol. The molecule has 5 atom stereocenters. The molecule has 0 unspecified atom stereocenters. The Morgan fingerprint density at radius 3 is 2.41 bits per heavy atom. The number of urea groups is 1. The van der Waals surface area contributed by atoms with Gasteiger partial charge in [-0.05, 0) is 24.3 Å². The van der Waals surface area contributed by atoms with Gasteiger partial charge in [-0.15, -0.1) is 0 Å². The van der Waals surface area contributed by atoms with Crippen molar-refractivity contribution in [1.29, 1.82) is 0 Å². The number of benzene rings is 1. The fraction of sp³-hybridized carbons (Fsp3) is 0.462. The van der Waals surface area contributed by atoms with Crippen molar-refractivity contribution in [1.82, 2.24) is 5.32 Å².